The first-order valence-corrected chi connectivity index (χ1v) is 7.52. The van der Waals surface area contributed by atoms with Crippen LogP contribution in [0.25, 0.3) is 0 Å². The molecular weight excluding hydrogens is 349 g/mol. The molecule has 7 heteroatoms. The third kappa shape index (κ3) is 0.971. The average Bonchev–Trinajstić information content (AvgIpc) is 2.88. The number of epoxide rings is 1. The Morgan fingerprint density at radius 1 is 1.00 bits per heavy atom. The van der Waals surface area contributed by atoms with Crippen molar-refractivity contribution in [1.82, 2.24) is 0 Å². The minimum atomic E-state index is -1.40. The highest BCUT2D eigenvalue weighted by Crippen LogP contribution is 2.80. The molecule has 1 heterocycles. The van der Waals surface area contributed by atoms with Crippen LogP contribution in [0.4, 0.5) is 0 Å². The lowest BCUT2D eigenvalue weighted by molar-refractivity contribution is 0.200. The molecule has 0 radical (unpaired) electrons. The molecular formula is C10H6Cl6O. The van der Waals surface area contributed by atoms with E-state index in [9.17, 15) is 0 Å². The maximum atomic E-state index is 6.64. The summed E-state index contributed by atoms with van der Waals surface area (Å²) >= 11 is 38.6. The lowest BCUT2D eigenvalue weighted by atomic mass is 9.84. The van der Waals surface area contributed by atoms with Crippen LogP contribution in [0.15, 0.2) is 10.1 Å². The molecule has 0 aromatic heterocycles. The van der Waals surface area contributed by atoms with Gasteiger partial charge < -0.3 is 4.74 Å². The summed E-state index contributed by atoms with van der Waals surface area (Å²) in [6.45, 7) is 0. The molecule has 4 aliphatic rings. The second-order valence-electron chi connectivity index (χ2n) is 5.13. The monoisotopic (exact) mass is 352 g/mol. The number of hydrogen-bond donors (Lipinski definition) is 0. The van der Waals surface area contributed by atoms with Crippen molar-refractivity contribution in [3.63, 3.8) is 0 Å². The summed E-state index contributed by atoms with van der Waals surface area (Å²) in [6, 6.07) is 0. The Kier molecular flexibility index (Phi) is 2.17. The van der Waals surface area contributed by atoms with Crippen LogP contribution in [0.5, 0.6) is 0 Å². The van der Waals surface area contributed by atoms with Crippen LogP contribution in [0.3, 0.4) is 0 Å². The molecule has 0 aromatic carbocycles. The van der Waals surface area contributed by atoms with Crippen LogP contribution in [-0.4, -0.2) is 26.3 Å². The maximum absolute atomic E-state index is 6.64. The second kappa shape index (κ2) is 3.03. The van der Waals surface area contributed by atoms with E-state index >= 15 is 0 Å². The minimum Gasteiger partial charge on any atom is -0.369 e. The van der Waals surface area contributed by atoms with Crippen molar-refractivity contribution >= 4 is 69.6 Å². The predicted molar refractivity (Wildman–Crippen MR) is 70.6 cm³/mol. The zero-order chi connectivity index (χ0) is 12.4. The van der Waals surface area contributed by atoms with E-state index in [1.54, 1.807) is 0 Å². The molecule has 0 N–H and O–H groups in total. The van der Waals surface area contributed by atoms with E-state index in [0.717, 1.165) is 6.42 Å². The van der Waals surface area contributed by atoms with Crippen molar-refractivity contribution in [2.75, 3.05) is 0 Å². The van der Waals surface area contributed by atoms with Gasteiger partial charge in [-0.3, -0.25) is 0 Å². The van der Waals surface area contributed by atoms with Crippen molar-refractivity contribution in [2.45, 2.75) is 32.7 Å². The molecule has 94 valence electrons. The van der Waals surface area contributed by atoms with Gasteiger partial charge in [0.25, 0.3) is 0 Å². The van der Waals surface area contributed by atoms with Gasteiger partial charge in [0.05, 0.1) is 22.3 Å². The van der Waals surface area contributed by atoms with Crippen LogP contribution >= 0.6 is 69.6 Å². The number of alkyl halides is 4. The number of fused-ring (bicyclic) bond motifs is 7. The maximum Gasteiger partial charge on any atom is 0.166 e. The van der Waals surface area contributed by atoms with Gasteiger partial charge in [0.15, 0.2) is 4.33 Å². The first-order chi connectivity index (χ1) is 7.78. The fraction of sp³-hybridized carbons (Fsp3) is 0.800. The van der Waals surface area contributed by atoms with E-state index in [-0.39, 0.29) is 29.1 Å². The highest BCUT2D eigenvalue weighted by atomic mass is 35.5. The third-order valence-electron chi connectivity index (χ3n) is 4.61. The van der Waals surface area contributed by atoms with Gasteiger partial charge in [-0.1, -0.05) is 46.4 Å². The van der Waals surface area contributed by atoms with Gasteiger partial charge in [-0.2, -0.15) is 0 Å². The van der Waals surface area contributed by atoms with E-state index in [1.807, 2.05) is 0 Å². The van der Waals surface area contributed by atoms with E-state index in [0.29, 0.717) is 5.03 Å². The smallest absolute Gasteiger partial charge is 0.166 e. The predicted octanol–water partition coefficient (Wildman–Crippen LogP) is 4.24. The lowest BCUT2D eigenvalue weighted by Gasteiger charge is -2.33. The van der Waals surface area contributed by atoms with Crippen molar-refractivity contribution < 1.29 is 4.74 Å². The standard InChI is InChI=1S/C10H6Cl6O/c11-6-7(12)9(14)4-2(1-3-5(4)17-3)8(6,13)10(9,15)16/h2-5H,1H2/t2-,3-,4-,5+,8+,9+/m1/s1. The number of hydrogen-bond acceptors (Lipinski definition) is 1. The van der Waals surface area contributed by atoms with Gasteiger partial charge in [0, 0.05) is 5.92 Å². The molecule has 3 aliphatic carbocycles. The zero-order valence-electron chi connectivity index (χ0n) is 8.19. The fourth-order valence-electron chi connectivity index (χ4n) is 3.81. The van der Waals surface area contributed by atoms with Crippen LogP contribution < -0.4 is 0 Å². The fourth-order valence-corrected chi connectivity index (χ4v) is 6.90. The molecule has 0 amide bonds. The van der Waals surface area contributed by atoms with E-state index in [2.05, 4.69) is 0 Å². The summed E-state index contributed by atoms with van der Waals surface area (Å²) in [5.74, 6) is -0.0351. The molecule has 0 aromatic rings. The van der Waals surface area contributed by atoms with Crippen LogP contribution in [-0.2, 0) is 4.74 Å². The van der Waals surface area contributed by atoms with E-state index < -0.39 is 14.1 Å². The van der Waals surface area contributed by atoms with Gasteiger partial charge in [0.2, 0.25) is 0 Å². The first-order valence-electron chi connectivity index (χ1n) is 5.25. The molecule has 6 atom stereocenters. The molecule has 17 heavy (non-hydrogen) atoms. The summed E-state index contributed by atoms with van der Waals surface area (Å²) in [6.07, 6.45) is 1.06. The Labute approximate surface area is 128 Å². The Morgan fingerprint density at radius 2 is 1.59 bits per heavy atom. The number of allylic oxidation sites excluding steroid dienone is 2. The molecule has 4 rings (SSSR count). The van der Waals surface area contributed by atoms with Crippen LogP contribution in [0.1, 0.15) is 6.42 Å². The summed E-state index contributed by atoms with van der Waals surface area (Å²) < 4.78 is 4.12. The summed E-state index contributed by atoms with van der Waals surface area (Å²) in [7, 11) is 0. The van der Waals surface area contributed by atoms with Crippen molar-refractivity contribution in [2.24, 2.45) is 11.8 Å². The Morgan fingerprint density at radius 3 is 2.24 bits per heavy atom. The normalized spacial score (nSPS) is 61.8. The van der Waals surface area contributed by atoms with Gasteiger partial charge in [-0.25, -0.2) is 0 Å². The van der Waals surface area contributed by atoms with Crippen molar-refractivity contribution in [3.8, 4) is 0 Å². The number of rotatable bonds is 0. The van der Waals surface area contributed by atoms with Crippen LogP contribution in [0.2, 0.25) is 0 Å². The highest BCUT2D eigenvalue weighted by molar-refractivity contribution is 6.65. The SMILES string of the molecule is ClC1=C(Cl)[C@@]2(Cl)[C@@H]3C[C@H]4O[C@@H]4[C@@H]3[C@@]1(Cl)C2(Cl)Cl. The molecule has 1 saturated heterocycles. The summed E-state index contributed by atoms with van der Waals surface area (Å²) in [4.78, 5) is -2.21. The second-order valence-corrected chi connectivity index (χ2v) is 8.41. The van der Waals surface area contributed by atoms with Gasteiger partial charge in [-0.15, -0.1) is 23.2 Å². The van der Waals surface area contributed by atoms with E-state index in [1.165, 1.54) is 0 Å². The number of ether oxygens (including phenoxy) is 1. The van der Waals surface area contributed by atoms with Gasteiger partial charge in [0.1, 0.15) is 9.75 Å². The Balaban J connectivity index is 2.00. The quantitative estimate of drug-likeness (QED) is 0.468. The molecule has 0 spiro atoms. The zero-order valence-corrected chi connectivity index (χ0v) is 12.7. The number of halogens is 6. The molecule has 1 nitrogen and oxygen atoms in total. The Bertz CT molecular complexity index is 475. The van der Waals surface area contributed by atoms with Gasteiger partial charge >= 0.3 is 0 Å². The first kappa shape index (κ1) is 12.2. The minimum absolute atomic E-state index is 0.0235. The van der Waals surface area contributed by atoms with E-state index in [4.69, 9.17) is 74.3 Å². The van der Waals surface area contributed by atoms with Crippen molar-refractivity contribution in [3.05, 3.63) is 10.1 Å². The average molecular weight is 355 g/mol. The Hall–Kier alpha value is 1.44. The topological polar surface area (TPSA) is 12.5 Å². The van der Waals surface area contributed by atoms with Crippen LogP contribution in [0, 0.1) is 11.8 Å². The molecule has 2 bridgehead atoms. The highest BCUT2D eigenvalue weighted by Gasteiger charge is 2.87. The van der Waals surface area contributed by atoms with Crippen molar-refractivity contribution in [1.29, 1.82) is 0 Å². The lowest BCUT2D eigenvalue weighted by Crippen LogP contribution is -2.45. The molecule has 0 unspecified atom stereocenters. The third-order valence-corrected chi connectivity index (χ3v) is 8.93. The summed E-state index contributed by atoms with van der Waals surface area (Å²) in [5, 5.41) is 0.571. The molecule has 1 aliphatic heterocycles. The molecule has 3 fully saturated rings. The summed E-state index contributed by atoms with van der Waals surface area (Å²) in [5.41, 5.74) is 0. The largest absolute Gasteiger partial charge is 0.369 e. The van der Waals surface area contributed by atoms with Gasteiger partial charge in [-0.05, 0) is 12.3 Å². The molecule has 2 saturated carbocycles.